The normalized spacial score (nSPS) is 30.4. The second-order valence-corrected chi connectivity index (χ2v) is 6.42. The highest BCUT2D eigenvalue weighted by molar-refractivity contribution is 5.75. The third-order valence-electron chi connectivity index (χ3n) is 4.81. The van der Waals surface area contributed by atoms with Gasteiger partial charge in [-0.1, -0.05) is 12.8 Å². The first-order chi connectivity index (χ1) is 9.59. The van der Waals surface area contributed by atoms with Gasteiger partial charge in [0.25, 0.3) is 0 Å². The zero-order valence-electron chi connectivity index (χ0n) is 12.0. The Morgan fingerprint density at radius 2 is 2.30 bits per heavy atom. The Morgan fingerprint density at radius 1 is 1.50 bits per heavy atom. The van der Waals surface area contributed by atoms with Crippen LogP contribution in [0.25, 0.3) is 0 Å². The van der Waals surface area contributed by atoms with E-state index in [-0.39, 0.29) is 6.04 Å². The maximum absolute atomic E-state index is 11.5. The first-order valence-electron chi connectivity index (χ1n) is 7.60. The van der Waals surface area contributed by atoms with E-state index in [1.54, 1.807) is 0 Å². The van der Waals surface area contributed by atoms with Gasteiger partial charge >= 0.3 is 5.97 Å². The van der Waals surface area contributed by atoms with Gasteiger partial charge in [-0.25, -0.2) is 0 Å². The van der Waals surface area contributed by atoms with E-state index < -0.39 is 11.4 Å². The van der Waals surface area contributed by atoms with Gasteiger partial charge in [-0.2, -0.15) is 5.10 Å². The minimum Gasteiger partial charge on any atom is -0.481 e. The van der Waals surface area contributed by atoms with Crippen molar-refractivity contribution < 1.29 is 9.90 Å². The molecule has 20 heavy (non-hydrogen) atoms. The number of aliphatic carboxylic acids is 1. The summed E-state index contributed by atoms with van der Waals surface area (Å²) >= 11 is 0. The summed E-state index contributed by atoms with van der Waals surface area (Å²) in [6.45, 7) is 2.53. The molecule has 0 saturated heterocycles. The number of nitrogens with zero attached hydrogens (tertiary/aromatic N) is 2. The smallest absolute Gasteiger partial charge is 0.310 e. The van der Waals surface area contributed by atoms with Gasteiger partial charge in [-0.15, -0.1) is 0 Å². The highest BCUT2D eigenvalue weighted by atomic mass is 16.4. The summed E-state index contributed by atoms with van der Waals surface area (Å²) in [6.07, 6.45) is 8.31. The van der Waals surface area contributed by atoms with Crippen molar-refractivity contribution in [2.24, 2.45) is 5.41 Å². The van der Waals surface area contributed by atoms with Crippen molar-refractivity contribution in [3.8, 4) is 0 Å². The molecule has 0 radical (unpaired) electrons. The number of nitrogens with one attached hydrogen (secondary N) is 1. The fraction of sp³-hybridized carbons (Fsp3) is 0.733. The molecule has 1 heterocycles. The maximum atomic E-state index is 11.5. The van der Waals surface area contributed by atoms with Crippen LogP contribution >= 0.6 is 0 Å². The summed E-state index contributed by atoms with van der Waals surface area (Å²) in [4.78, 5) is 11.5. The predicted molar refractivity (Wildman–Crippen MR) is 75.3 cm³/mol. The zero-order chi connectivity index (χ0) is 14.2. The van der Waals surface area contributed by atoms with Crippen molar-refractivity contribution >= 4 is 5.97 Å². The second kappa shape index (κ2) is 5.20. The van der Waals surface area contributed by atoms with Crippen LogP contribution in [0.3, 0.4) is 0 Å². The van der Waals surface area contributed by atoms with Crippen molar-refractivity contribution in [2.45, 2.75) is 64.1 Å². The van der Waals surface area contributed by atoms with Gasteiger partial charge < -0.3 is 10.4 Å². The molecule has 0 bridgehead atoms. The summed E-state index contributed by atoms with van der Waals surface area (Å²) in [6, 6.07) is 2.68. The molecule has 2 atom stereocenters. The first-order valence-corrected chi connectivity index (χ1v) is 7.60. The Bertz CT molecular complexity index is 495. The Balaban J connectivity index is 1.61. The molecule has 0 amide bonds. The maximum Gasteiger partial charge on any atom is 0.310 e. The van der Waals surface area contributed by atoms with Gasteiger partial charge in [0, 0.05) is 18.8 Å². The molecule has 2 aliphatic rings. The number of carbonyl (C=O) groups is 1. The summed E-state index contributed by atoms with van der Waals surface area (Å²) < 4.78 is 2.04. The van der Waals surface area contributed by atoms with Crippen LogP contribution in [0.2, 0.25) is 0 Å². The Hall–Kier alpha value is -1.36. The molecule has 5 heteroatoms. The highest BCUT2D eigenvalue weighted by Crippen LogP contribution is 2.37. The number of aromatic nitrogens is 2. The molecule has 0 spiro atoms. The zero-order valence-corrected chi connectivity index (χ0v) is 12.0. The Kier molecular flexibility index (Phi) is 3.54. The molecule has 2 fully saturated rings. The molecule has 0 aromatic carbocycles. The highest BCUT2D eigenvalue weighted by Gasteiger charge is 2.42. The number of carboxylic acids is 1. The molecular formula is C15H23N3O2. The van der Waals surface area contributed by atoms with E-state index in [0.29, 0.717) is 12.6 Å². The van der Waals surface area contributed by atoms with Gasteiger partial charge in [-0.05, 0) is 38.7 Å². The lowest BCUT2D eigenvalue weighted by Gasteiger charge is -2.38. The summed E-state index contributed by atoms with van der Waals surface area (Å²) in [5.41, 5.74) is 0.368. The van der Waals surface area contributed by atoms with Crippen molar-refractivity contribution in [1.29, 1.82) is 0 Å². The molecule has 1 aromatic rings. The lowest BCUT2D eigenvalue weighted by atomic mass is 9.71. The molecule has 2 N–H and O–H groups in total. The van der Waals surface area contributed by atoms with Gasteiger partial charge in [0.1, 0.15) is 0 Å². The van der Waals surface area contributed by atoms with Crippen LogP contribution in [0.4, 0.5) is 0 Å². The van der Waals surface area contributed by atoms with Gasteiger partial charge in [0.15, 0.2) is 0 Å². The van der Waals surface area contributed by atoms with Crippen LogP contribution < -0.4 is 5.32 Å². The molecule has 0 aliphatic heterocycles. The van der Waals surface area contributed by atoms with Crippen molar-refractivity contribution in [3.05, 3.63) is 18.0 Å². The van der Waals surface area contributed by atoms with Gasteiger partial charge in [0.2, 0.25) is 0 Å². The standard InChI is InChI=1S/C15H23N3O2/c1-15(14(19)20)8-3-2-4-13(15)16-10-11-7-9-18(17-11)12-5-6-12/h7,9,12-13,16H,2-6,8,10H2,1H3,(H,19,20). The van der Waals surface area contributed by atoms with Crippen LogP contribution in [0, 0.1) is 5.41 Å². The van der Waals surface area contributed by atoms with Crippen LogP contribution in [0.1, 0.15) is 57.2 Å². The third kappa shape index (κ3) is 2.59. The van der Waals surface area contributed by atoms with E-state index in [2.05, 4.69) is 10.4 Å². The van der Waals surface area contributed by atoms with E-state index in [9.17, 15) is 9.90 Å². The molecule has 2 saturated carbocycles. The number of hydrogen-bond acceptors (Lipinski definition) is 3. The fourth-order valence-corrected chi connectivity index (χ4v) is 3.16. The average Bonchev–Trinajstić information content (AvgIpc) is 3.17. The van der Waals surface area contributed by atoms with Crippen molar-refractivity contribution in [1.82, 2.24) is 15.1 Å². The first kappa shape index (κ1) is 13.6. The van der Waals surface area contributed by atoms with Crippen LogP contribution in [-0.4, -0.2) is 26.9 Å². The summed E-state index contributed by atoms with van der Waals surface area (Å²) in [5.74, 6) is -0.682. The minimum atomic E-state index is -0.682. The quantitative estimate of drug-likeness (QED) is 0.867. The number of hydrogen-bond donors (Lipinski definition) is 2. The van der Waals surface area contributed by atoms with Crippen LogP contribution in [0.5, 0.6) is 0 Å². The molecule has 110 valence electrons. The monoisotopic (exact) mass is 277 g/mol. The van der Waals surface area contributed by atoms with Crippen molar-refractivity contribution in [2.75, 3.05) is 0 Å². The topological polar surface area (TPSA) is 67.2 Å². The van der Waals surface area contributed by atoms with Crippen molar-refractivity contribution in [3.63, 3.8) is 0 Å². The molecule has 5 nitrogen and oxygen atoms in total. The Morgan fingerprint density at radius 3 is 3.00 bits per heavy atom. The number of carboxylic acid groups (broad SMARTS) is 1. The average molecular weight is 277 g/mol. The van der Waals surface area contributed by atoms with E-state index >= 15 is 0 Å². The van der Waals surface area contributed by atoms with E-state index in [0.717, 1.165) is 31.4 Å². The molecule has 3 rings (SSSR count). The molecular weight excluding hydrogens is 254 g/mol. The minimum absolute atomic E-state index is 0.0415. The van der Waals surface area contributed by atoms with Crippen LogP contribution in [-0.2, 0) is 11.3 Å². The molecule has 2 unspecified atom stereocenters. The molecule has 1 aromatic heterocycles. The van der Waals surface area contributed by atoms with Crippen LogP contribution in [0.15, 0.2) is 12.3 Å². The summed E-state index contributed by atoms with van der Waals surface area (Å²) in [7, 11) is 0. The third-order valence-corrected chi connectivity index (χ3v) is 4.81. The summed E-state index contributed by atoms with van der Waals surface area (Å²) in [5, 5.41) is 17.5. The lowest BCUT2D eigenvalue weighted by Crippen LogP contribution is -2.50. The number of rotatable bonds is 5. The van der Waals surface area contributed by atoms with Gasteiger partial charge in [-0.3, -0.25) is 9.48 Å². The van der Waals surface area contributed by atoms with Gasteiger partial charge in [0.05, 0.1) is 17.2 Å². The SMILES string of the molecule is CC1(C(=O)O)CCCCC1NCc1ccn(C2CC2)n1. The lowest BCUT2D eigenvalue weighted by molar-refractivity contribution is -0.151. The fourth-order valence-electron chi connectivity index (χ4n) is 3.16. The van der Waals surface area contributed by atoms with E-state index in [1.807, 2.05) is 23.9 Å². The molecule has 2 aliphatic carbocycles. The largest absolute Gasteiger partial charge is 0.481 e. The predicted octanol–water partition coefficient (Wildman–Crippen LogP) is 2.34. The van der Waals surface area contributed by atoms with E-state index in [4.69, 9.17) is 0 Å². The second-order valence-electron chi connectivity index (χ2n) is 6.42. The Labute approximate surface area is 119 Å². The van der Waals surface area contributed by atoms with E-state index in [1.165, 1.54) is 12.8 Å².